The highest BCUT2D eigenvalue weighted by atomic mass is 15.3. The first-order valence-electron chi connectivity index (χ1n) is 7.27. The Morgan fingerprint density at radius 2 is 2.28 bits per heavy atom. The molecule has 0 saturated heterocycles. The molecule has 0 aromatic carbocycles. The van der Waals surface area contributed by atoms with Crippen molar-refractivity contribution in [3.8, 4) is 0 Å². The first-order chi connectivity index (χ1) is 8.70. The van der Waals surface area contributed by atoms with Crippen LogP contribution in [0.4, 0.5) is 0 Å². The minimum absolute atomic E-state index is 0.665. The van der Waals surface area contributed by atoms with Gasteiger partial charge in [-0.25, -0.2) is 4.98 Å². The van der Waals surface area contributed by atoms with Gasteiger partial charge in [0.2, 0.25) is 0 Å². The van der Waals surface area contributed by atoms with Crippen LogP contribution in [0.25, 0.3) is 0 Å². The number of aryl methyl sites for hydroxylation is 1. The third-order valence-electron chi connectivity index (χ3n) is 4.15. The van der Waals surface area contributed by atoms with Crippen LogP contribution >= 0.6 is 0 Å². The molecule has 4 heteroatoms. The predicted octanol–water partition coefficient (Wildman–Crippen LogP) is 2.16. The molecule has 1 fully saturated rings. The molecule has 0 amide bonds. The van der Waals surface area contributed by atoms with Crippen LogP contribution in [0.2, 0.25) is 0 Å². The molecule has 102 valence electrons. The fourth-order valence-corrected chi connectivity index (χ4v) is 3.06. The fraction of sp³-hybridized carbons (Fsp3) is 0.857. The van der Waals surface area contributed by atoms with Crippen molar-refractivity contribution in [3.63, 3.8) is 0 Å². The topological polar surface area (TPSA) is 42.7 Å². The normalized spacial score (nSPS) is 28.5. The van der Waals surface area contributed by atoms with Gasteiger partial charge in [0.05, 0.1) is 0 Å². The molecule has 0 bridgehead atoms. The summed E-state index contributed by atoms with van der Waals surface area (Å²) >= 11 is 0. The molecule has 3 atom stereocenters. The van der Waals surface area contributed by atoms with E-state index in [0.29, 0.717) is 12.0 Å². The molecular formula is C14H26N4. The number of aromatic nitrogens is 3. The van der Waals surface area contributed by atoms with Crippen LogP contribution in [-0.4, -0.2) is 27.4 Å². The monoisotopic (exact) mass is 250 g/mol. The zero-order valence-electron chi connectivity index (χ0n) is 11.9. The third kappa shape index (κ3) is 3.31. The predicted molar refractivity (Wildman–Crippen MR) is 73.3 cm³/mol. The smallest absolute Gasteiger partial charge is 0.138 e. The molecule has 1 aliphatic carbocycles. The molecule has 1 aromatic heterocycles. The minimum Gasteiger partial charge on any atom is -0.314 e. The standard InChI is InChI=1S/C14H26N4/c1-4-7-15-13-6-5-11(2)8-12(13)9-14-16-10-17-18(14)3/h10-13,15H,4-9H2,1-3H3. The summed E-state index contributed by atoms with van der Waals surface area (Å²) in [6, 6.07) is 0.665. The summed E-state index contributed by atoms with van der Waals surface area (Å²) in [6.07, 6.45) is 7.91. The Morgan fingerprint density at radius 1 is 1.44 bits per heavy atom. The van der Waals surface area contributed by atoms with E-state index in [1.165, 1.54) is 25.7 Å². The summed E-state index contributed by atoms with van der Waals surface area (Å²) in [5.41, 5.74) is 0. The van der Waals surface area contributed by atoms with Gasteiger partial charge in [-0.15, -0.1) is 0 Å². The maximum Gasteiger partial charge on any atom is 0.138 e. The van der Waals surface area contributed by atoms with Gasteiger partial charge in [0, 0.05) is 19.5 Å². The second-order valence-corrected chi connectivity index (χ2v) is 5.74. The minimum atomic E-state index is 0.665. The molecule has 1 aromatic rings. The summed E-state index contributed by atoms with van der Waals surface area (Å²) < 4.78 is 1.91. The average Bonchev–Trinajstić information content (AvgIpc) is 2.74. The number of hydrogen-bond donors (Lipinski definition) is 1. The molecule has 0 aliphatic heterocycles. The van der Waals surface area contributed by atoms with Crippen LogP contribution < -0.4 is 5.32 Å². The lowest BCUT2D eigenvalue weighted by Crippen LogP contribution is -2.41. The van der Waals surface area contributed by atoms with Gasteiger partial charge in [-0.1, -0.05) is 13.8 Å². The summed E-state index contributed by atoms with van der Waals surface area (Å²) in [7, 11) is 1.99. The van der Waals surface area contributed by atoms with Crippen molar-refractivity contribution in [2.24, 2.45) is 18.9 Å². The van der Waals surface area contributed by atoms with Crippen LogP contribution in [-0.2, 0) is 13.5 Å². The highest BCUT2D eigenvalue weighted by Gasteiger charge is 2.29. The Balaban J connectivity index is 1.98. The molecule has 0 radical (unpaired) electrons. The largest absolute Gasteiger partial charge is 0.314 e. The Hall–Kier alpha value is -0.900. The highest BCUT2D eigenvalue weighted by Crippen LogP contribution is 2.31. The van der Waals surface area contributed by atoms with Crippen LogP contribution in [0.1, 0.15) is 45.4 Å². The van der Waals surface area contributed by atoms with Crippen molar-refractivity contribution in [1.29, 1.82) is 0 Å². The van der Waals surface area contributed by atoms with E-state index in [1.54, 1.807) is 6.33 Å². The van der Waals surface area contributed by atoms with Gasteiger partial charge in [0.25, 0.3) is 0 Å². The van der Waals surface area contributed by atoms with E-state index in [1.807, 2.05) is 11.7 Å². The van der Waals surface area contributed by atoms with Crippen molar-refractivity contribution in [1.82, 2.24) is 20.1 Å². The lowest BCUT2D eigenvalue weighted by molar-refractivity contribution is 0.209. The molecule has 2 rings (SSSR count). The van der Waals surface area contributed by atoms with Crippen molar-refractivity contribution in [2.75, 3.05) is 6.54 Å². The van der Waals surface area contributed by atoms with Gasteiger partial charge < -0.3 is 5.32 Å². The first kappa shape index (κ1) is 13.5. The lowest BCUT2D eigenvalue weighted by Gasteiger charge is -2.35. The van der Waals surface area contributed by atoms with Gasteiger partial charge in [-0.2, -0.15) is 5.10 Å². The summed E-state index contributed by atoms with van der Waals surface area (Å²) in [6.45, 7) is 5.74. The number of nitrogens with one attached hydrogen (secondary N) is 1. The van der Waals surface area contributed by atoms with Crippen molar-refractivity contribution in [3.05, 3.63) is 12.2 Å². The second-order valence-electron chi connectivity index (χ2n) is 5.74. The van der Waals surface area contributed by atoms with E-state index in [-0.39, 0.29) is 0 Å². The van der Waals surface area contributed by atoms with E-state index >= 15 is 0 Å². The fourth-order valence-electron chi connectivity index (χ4n) is 3.06. The Morgan fingerprint density at radius 3 is 2.94 bits per heavy atom. The molecule has 0 spiro atoms. The summed E-state index contributed by atoms with van der Waals surface area (Å²) in [5, 5.41) is 7.89. The highest BCUT2D eigenvalue weighted by molar-refractivity contribution is 4.93. The van der Waals surface area contributed by atoms with E-state index in [2.05, 4.69) is 29.2 Å². The van der Waals surface area contributed by atoms with E-state index in [9.17, 15) is 0 Å². The maximum atomic E-state index is 4.37. The van der Waals surface area contributed by atoms with Gasteiger partial charge in [-0.3, -0.25) is 4.68 Å². The van der Waals surface area contributed by atoms with Crippen LogP contribution in [0.5, 0.6) is 0 Å². The van der Waals surface area contributed by atoms with E-state index < -0.39 is 0 Å². The number of nitrogens with zero attached hydrogens (tertiary/aromatic N) is 3. The second kappa shape index (κ2) is 6.32. The van der Waals surface area contributed by atoms with Crippen LogP contribution in [0, 0.1) is 11.8 Å². The van der Waals surface area contributed by atoms with Crippen LogP contribution in [0.3, 0.4) is 0 Å². The van der Waals surface area contributed by atoms with Crippen LogP contribution in [0.15, 0.2) is 6.33 Å². The van der Waals surface area contributed by atoms with Gasteiger partial charge in [0.15, 0.2) is 0 Å². The Kier molecular flexibility index (Phi) is 4.75. The van der Waals surface area contributed by atoms with Gasteiger partial charge in [-0.05, 0) is 44.1 Å². The van der Waals surface area contributed by atoms with Gasteiger partial charge in [0.1, 0.15) is 12.2 Å². The first-order valence-corrected chi connectivity index (χ1v) is 7.27. The number of hydrogen-bond acceptors (Lipinski definition) is 3. The molecule has 3 unspecified atom stereocenters. The van der Waals surface area contributed by atoms with E-state index in [0.717, 1.165) is 24.7 Å². The molecule has 18 heavy (non-hydrogen) atoms. The quantitative estimate of drug-likeness (QED) is 0.871. The van der Waals surface area contributed by atoms with E-state index in [4.69, 9.17) is 0 Å². The zero-order valence-corrected chi connectivity index (χ0v) is 11.9. The molecule has 1 aliphatic rings. The molecule has 1 saturated carbocycles. The molecule has 4 nitrogen and oxygen atoms in total. The van der Waals surface area contributed by atoms with Crippen molar-refractivity contribution < 1.29 is 0 Å². The molecular weight excluding hydrogens is 224 g/mol. The summed E-state index contributed by atoms with van der Waals surface area (Å²) in [5.74, 6) is 2.68. The zero-order chi connectivity index (χ0) is 13.0. The van der Waals surface area contributed by atoms with Gasteiger partial charge >= 0.3 is 0 Å². The molecule has 1 heterocycles. The Labute approximate surface area is 110 Å². The SMILES string of the molecule is CCCNC1CCC(C)CC1Cc1ncnn1C. The van der Waals surface area contributed by atoms with Crippen molar-refractivity contribution >= 4 is 0 Å². The molecule has 1 N–H and O–H groups in total. The summed E-state index contributed by atoms with van der Waals surface area (Å²) in [4.78, 5) is 4.37. The lowest BCUT2D eigenvalue weighted by atomic mass is 9.77. The Bertz CT molecular complexity index is 358. The van der Waals surface area contributed by atoms with Crippen molar-refractivity contribution in [2.45, 2.75) is 52.0 Å². The third-order valence-corrected chi connectivity index (χ3v) is 4.15. The maximum absolute atomic E-state index is 4.37. The average molecular weight is 250 g/mol. The number of rotatable bonds is 5.